The van der Waals surface area contributed by atoms with Gasteiger partial charge in [0.25, 0.3) is 0 Å². The summed E-state index contributed by atoms with van der Waals surface area (Å²) in [6, 6.07) is 4.50. The minimum absolute atomic E-state index is 0.191. The van der Waals surface area contributed by atoms with Crippen LogP contribution < -0.4 is 5.32 Å². The lowest BCUT2D eigenvalue weighted by atomic mass is 9.97. The van der Waals surface area contributed by atoms with Crippen LogP contribution in [0.3, 0.4) is 0 Å². The highest BCUT2D eigenvalue weighted by molar-refractivity contribution is 14.1. The van der Waals surface area contributed by atoms with E-state index in [9.17, 15) is 4.79 Å². The summed E-state index contributed by atoms with van der Waals surface area (Å²) in [4.78, 5) is 23.6. The number of amides is 1. The molecular weight excluding hydrogens is 491 g/mol. The smallest absolute Gasteiger partial charge is 0.410 e. The topological polar surface area (TPSA) is 67.3 Å². The second-order valence-corrected chi connectivity index (χ2v) is 10.2. The zero-order valence-electron chi connectivity index (χ0n) is 16.2. The summed E-state index contributed by atoms with van der Waals surface area (Å²) >= 11 is 8.47. The predicted octanol–water partition coefficient (Wildman–Crippen LogP) is 5.23. The van der Waals surface area contributed by atoms with Gasteiger partial charge in [0, 0.05) is 39.3 Å². The van der Waals surface area contributed by atoms with E-state index in [2.05, 4.69) is 43.9 Å². The minimum atomic E-state index is -0.473. The number of aromatic nitrogens is 2. The van der Waals surface area contributed by atoms with Gasteiger partial charge in [-0.15, -0.1) is 0 Å². The minimum Gasteiger partial charge on any atom is -0.444 e. The van der Waals surface area contributed by atoms with Gasteiger partial charge in [-0.1, -0.05) is 11.6 Å². The highest BCUT2D eigenvalue weighted by Gasteiger charge is 2.45. The molecule has 28 heavy (non-hydrogen) atoms. The molecule has 3 atom stereocenters. The lowest BCUT2D eigenvalue weighted by Gasteiger charge is -2.39. The number of piperidine rings is 1. The van der Waals surface area contributed by atoms with Crippen molar-refractivity contribution in [1.82, 2.24) is 14.9 Å². The molecule has 2 saturated heterocycles. The van der Waals surface area contributed by atoms with Gasteiger partial charge in [-0.3, -0.25) is 4.98 Å². The van der Waals surface area contributed by atoms with Crippen molar-refractivity contribution in [3.05, 3.63) is 27.1 Å². The first-order valence-electron chi connectivity index (χ1n) is 9.59. The van der Waals surface area contributed by atoms with Gasteiger partial charge in [0.05, 0.1) is 5.52 Å². The summed E-state index contributed by atoms with van der Waals surface area (Å²) in [6.45, 7) is 5.73. The van der Waals surface area contributed by atoms with Crippen LogP contribution in [0.2, 0.25) is 5.15 Å². The Morgan fingerprint density at radius 1 is 1.29 bits per heavy atom. The molecule has 1 amide bonds. The van der Waals surface area contributed by atoms with E-state index in [1.807, 2.05) is 31.9 Å². The van der Waals surface area contributed by atoms with Crippen molar-refractivity contribution in [1.29, 1.82) is 0 Å². The molecule has 6 nitrogen and oxygen atoms in total. The fraction of sp³-hybridized carbons (Fsp3) is 0.550. The molecule has 8 heteroatoms. The Kier molecular flexibility index (Phi) is 5.33. The number of carbonyl (C=O) groups is 1. The molecule has 0 spiro atoms. The number of rotatable bonds is 2. The first-order valence-corrected chi connectivity index (χ1v) is 11.0. The van der Waals surface area contributed by atoms with Crippen LogP contribution in [0, 0.1) is 3.57 Å². The maximum Gasteiger partial charge on any atom is 0.410 e. The zero-order valence-corrected chi connectivity index (χ0v) is 19.1. The largest absolute Gasteiger partial charge is 0.444 e. The molecule has 4 rings (SSSR count). The molecule has 1 N–H and O–H groups in total. The van der Waals surface area contributed by atoms with Gasteiger partial charge < -0.3 is 15.0 Å². The first-order chi connectivity index (χ1) is 13.2. The molecule has 2 aliphatic heterocycles. The lowest BCUT2D eigenvalue weighted by molar-refractivity contribution is 0.00683. The Morgan fingerprint density at radius 3 is 2.61 bits per heavy atom. The Labute approximate surface area is 183 Å². The first kappa shape index (κ1) is 19.9. The van der Waals surface area contributed by atoms with Crippen molar-refractivity contribution in [2.24, 2.45) is 0 Å². The summed E-state index contributed by atoms with van der Waals surface area (Å²) in [6.07, 6.45) is 5.42. The number of ether oxygens (including phenoxy) is 1. The molecule has 150 valence electrons. The Bertz CT molecular complexity index is 903. The average Bonchev–Trinajstić information content (AvgIpc) is 2.85. The standard InChI is InChI=1S/C20H24ClIN4O2/c1-20(2,3)28-19(27)26-13-4-5-14(26)8-12(7-13)24-18-15-6-11(22)10-23-16(15)9-17(21)25-18/h6,9-10,12-14H,4-5,7-8H2,1-3H3,(H,24,25)/t12-,13+,14-. The fourth-order valence-corrected chi connectivity index (χ4v) is 4.92. The van der Waals surface area contributed by atoms with E-state index in [4.69, 9.17) is 16.3 Å². The van der Waals surface area contributed by atoms with Crippen LogP contribution >= 0.6 is 34.2 Å². The second kappa shape index (κ2) is 7.48. The van der Waals surface area contributed by atoms with Crippen molar-refractivity contribution < 1.29 is 9.53 Å². The highest BCUT2D eigenvalue weighted by Crippen LogP contribution is 2.38. The van der Waals surface area contributed by atoms with E-state index in [-0.39, 0.29) is 24.2 Å². The van der Waals surface area contributed by atoms with Crippen LogP contribution in [0.25, 0.3) is 10.9 Å². The molecule has 0 aromatic carbocycles. The molecule has 2 aromatic rings. The third kappa shape index (κ3) is 4.15. The molecule has 2 aromatic heterocycles. The highest BCUT2D eigenvalue weighted by atomic mass is 127. The van der Waals surface area contributed by atoms with Gasteiger partial charge in [0.15, 0.2) is 0 Å². The summed E-state index contributed by atoms with van der Waals surface area (Å²) in [5.41, 5.74) is 0.358. The van der Waals surface area contributed by atoms with Crippen LogP contribution in [0.5, 0.6) is 0 Å². The van der Waals surface area contributed by atoms with Gasteiger partial charge in [0.1, 0.15) is 16.6 Å². The van der Waals surface area contributed by atoms with Crippen LogP contribution in [0.1, 0.15) is 46.5 Å². The van der Waals surface area contributed by atoms with E-state index in [1.165, 1.54) is 0 Å². The molecule has 4 heterocycles. The summed E-state index contributed by atoms with van der Waals surface area (Å²) in [7, 11) is 0. The molecule has 2 aliphatic rings. The number of carbonyl (C=O) groups excluding carboxylic acids is 1. The van der Waals surface area contributed by atoms with Gasteiger partial charge in [0.2, 0.25) is 0 Å². The molecule has 2 bridgehead atoms. The average molecular weight is 515 g/mol. The molecule has 0 aliphatic carbocycles. The Balaban J connectivity index is 1.53. The molecule has 0 unspecified atom stereocenters. The number of nitrogens with zero attached hydrogens (tertiary/aromatic N) is 3. The SMILES string of the molecule is CC(C)(C)OC(=O)N1[C@@H]2CC[C@H]1C[C@@H](Nc1nc(Cl)cc3ncc(I)cc13)C2. The summed E-state index contributed by atoms with van der Waals surface area (Å²) < 4.78 is 6.68. The maximum absolute atomic E-state index is 12.6. The van der Waals surface area contributed by atoms with Crippen LogP contribution in [0.4, 0.5) is 10.6 Å². The molecule has 2 fully saturated rings. The Morgan fingerprint density at radius 2 is 1.96 bits per heavy atom. The van der Waals surface area contributed by atoms with Gasteiger partial charge in [-0.25, -0.2) is 9.78 Å². The fourth-order valence-electron chi connectivity index (χ4n) is 4.28. The molecular formula is C20H24ClIN4O2. The lowest BCUT2D eigenvalue weighted by Crippen LogP contribution is -2.51. The van der Waals surface area contributed by atoms with E-state index >= 15 is 0 Å². The van der Waals surface area contributed by atoms with Gasteiger partial charge in [-0.05, 0) is 75.1 Å². The number of fused-ring (bicyclic) bond motifs is 3. The third-order valence-corrected chi connectivity index (χ3v) is 6.08. The van der Waals surface area contributed by atoms with E-state index in [0.29, 0.717) is 5.15 Å². The number of pyridine rings is 2. The quantitative estimate of drug-likeness (QED) is 0.439. The monoisotopic (exact) mass is 514 g/mol. The number of anilines is 1. The van der Waals surface area contributed by atoms with Crippen LogP contribution in [-0.2, 0) is 4.74 Å². The third-order valence-electron chi connectivity index (χ3n) is 5.29. The second-order valence-electron chi connectivity index (χ2n) is 8.60. The normalized spacial score (nSPS) is 24.5. The number of hydrogen-bond donors (Lipinski definition) is 1. The number of halogens is 2. The number of hydrogen-bond acceptors (Lipinski definition) is 5. The van der Waals surface area contributed by atoms with Crippen LogP contribution in [-0.4, -0.2) is 44.7 Å². The van der Waals surface area contributed by atoms with Crippen LogP contribution in [0.15, 0.2) is 18.3 Å². The Hall–Kier alpha value is -1.35. The summed E-state index contributed by atoms with van der Waals surface area (Å²) in [5.74, 6) is 0.767. The molecule has 0 radical (unpaired) electrons. The number of nitrogens with one attached hydrogen (secondary N) is 1. The van der Waals surface area contributed by atoms with Gasteiger partial charge >= 0.3 is 6.09 Å². The van der Waals surface area contributed by atoms with Crippen molar-refractivity contribution in [2.45, 2.75) is 70.2 Å². The van der Waals surface area contributed by atoms with Crippen molar-refractivity contribution in [2.75, 3.05) is 5.32 Å². The predicted molar refractivity (Wildman–Crippen MR) is 119 cm³/mol. The van der Waals surface area contributed by atoms with E-state index < -0.39 is 5.60 Å². The van der Waals surface area contributed by atoms with Gasteiger partial charge in [-0.2, -0.15) is 0 Å². The summed E-state index contributed by atoms with van der Waals surface area (Å²) in [5, 5.41) is 4.98. The zero-order chi connectivity index (χ0) is 20.1. The van der Waals surface area contributed by atoms with Crippen molar-refractivity contribution >= 4 is 57.0 Å². The van der Waals surface area contributed by atoms with Crippen molar-refractivity contribution in [3.63, 3.8) is 0 Å². The molecule has 0 saturated carbocycles. The van der Waals surface area contributed by atoms with E-state index in [1.54, 1.807) is 6.07 Å². The maximum atomic E-state index is 12.6. The van der Waals surface area contributed by atoms with Crippen molar-refractivity contribution in [3.8, 4) is 0 Å². The van der Waals surface area contributed by atoms with E-state index in [0.717, 1.165) is 46.0 Å².